The van der Waals surface area contributed by atoms with Gasteiger partial charge >= 0.3 is 0 Å². The Kier molecular flexibility index (Phi) is 4.05. The van der Waals surface area contributed by atoms with Crippen molar-refractivity contribution in [1.82, 2.24) is 0 Å². The van der Waals surface area contributed by atoms with Crippen molar-refractivity contribution in [1.29, 1.82) is 0 Å². The van der Waals surface area contributed by atoms with E-state index in [-0.39, 0.29) is 13.0 Å². The van der Waals surface area contributed by atoms with Gasteiger partial charge in [-0.2, -0.15) is 0 Å². The molecule has 6 heteroatoms. The molecular formula is C9H18O6. The second kappa shape index (κ2) is 4.73. The van der Waals surface area contributed by atoms with Gasteiger partial charge in [0, 0.05) is 20.6 Å². The van der Waals surface area contributed by atoms with Crippen LogP contribution in [0.3, 0.4) is 0 Å². The molecule has 1 N–H and O–H groups in total. The summed E-state index contributed by atoms with van der Waals surface area (Å²) in [6.45, 7) is 1.58. The van der Waals surface area contributed by atoms with Gasteiger partial charge in [0.15, 0.2) is 12.1 Å². The van der Waals surface area contributed by atoms with Crippen molar-refractivity contribution in [2.24, 2.45) is 0 Å². The lowest BCUT2D eigenvalue weighted by Crippen LogP contribution is -2.53. The molecule has 6 nitrogen and oxygen atoms in total. The SMILES string of the molecule is COOCC1(O)CC(OC)O[C@]1(C)OC. The molecule has 0 aromatic rings. The van der Waals surface area contributed by atoms with Crippen LogP contribution in [0.25, 0.3) is 0 Å². The minimum Gasteiger partial charge on any atom is -0.381 e. The van der Waals surface area contributed by atoms with Crippen LogP contribution in [0.2, 0.25) is 0 Å². The van der Waals surface area contributed by atoms with E-state index in [2.05, 4.69) is 4.89 Å². The maximum Gasteiger partial charge on any atom is 0.199 e. The Labute approximate surface area is 88.9 Å². The van der Waals surface area contributed by atoms with E-state index < -0.39 is 17.7 Å². The number of hydrogen-bond donors (Lipinski definition) is 1. The molecule has 0 aliphatic carbocycles. The van der Waals surface area contributed by atoms with Gasteiger partial charge in [-0.15, -0.1) is 0 Å². The van der Waals surface area contributed by atoms with Gasteiger partial charge in [-0.05, 0) is 6.92 Å². The van der Waals surface area contributed by atoms with Gasteiger partial charge in [0.2, 0.25) is 0 Å². The predicted octanol–water partition coefficient (Wildman–Crippen LogP) is 0.0509. The zero-order chi connectivity index (χ0) is 11.5. The molecule has 15 heavy (non-hydrogen) atoms. The molecule has 1 fully saturated rings. The summed E-state index contributed by atoms with van der Waals surface area (Å²) in [5.74, 6) is -1.16. The van der Waals surface area contributed by atoms with Crippen molar-refractivity contribution in [3.63, 3.8) is 0 Å². The van der Waals surface area contributed by atoms with Gasteiger partial charge in [0.05, 0.1) is 7.11 Å². The van der Waals surface area contributed by atoms with E-state index in [0.717, 1.165) is 0 Å². The van der Waals surface area contributed by atoms with E-state index in [1.807, 2.05) is 0 Å². The van der Waals surface area contributed by atoms with E-state index in [0.29, 0.717) is 0 Å². The molecule has 0 spiro atoms. The minimum absolute atomic E-state index is 0.0479. The third kappa shape index (κ3) is 2.30. The average Bonchev–Trinajstić information content (AvgIpc) is 2.50. The molecule has 0 amide bonds. The first-order valence-electron chi connectivity index (χ1n) is 4.65. The lowest BCUT2D eigenvalue weighted by Gasteiger charge is -2.35. The Bertz CT molecular complexity index is 211. The van der Waals surface area contributed by atoms with Gasteiger partial charge in [-0.1, -0.05) is 0 Å². The zero-order valence-corrected chi connectivity index (χ0v) is 9.48. The Morgan fingerprint density at radius 2 is 2.07 bits per heavy atom. The van der Waals surface area contributed by atoms with Crippen LogP contribution in [-0.2, 0) is 24.0 Å². The van der Waals surface area contributed by atoms with Crippen molar-refractivity contribution in [3.05, 3.63) is 0 Å². The second-order valence-electron chi connectivity index (χ2n) is 3.60. The summed E-state index contributed by atoms with van der Waals surface area (Å²) in [4.78, 5) is 9.21. The van der Waals surface area contributed by atoms with Crippen molar-refractivity contribution in [3.8, 4) is 0 Å². The molecule has 1 heterocycles. The van der Waals surface area contributed by atoms with Crippen LogP contribution >= 0.6 is 0 Å². The first-order valence-corrected chi connectivity index (χ1v) is 4.65. The van der Waals surface area contributed by atoms with Crippen molar-refractivity contribution in [2.75, 3.05) is 27.9 Å². The summed E-state index contributed by atoms with van der Waals surface area (Å²) >= 11 is 0. The summed E-state index contributed by atoms with van der Waals surface area (Å²) in [5.41, 5.74) is -1.29. The lowest BCUT2D eigenvalue weighted by atomic mass is 9.94. The monoisotopic (exact) mass is 222 g/mol. The average molecular weight is 222 g/mol. The fourth-order valence-corrected chi connectivity index (χ4v) is 1.58. The normalized spacial score (nSPS) is 41.0. The smallest absolute Gasteiger partial charge is 0.199 e. The summed E-state index contributed by atoms with van der Waals surface area (Å²) < 4.78 is 15.6. The van der Waals surface area contributed by atoms with Gasteiger partial charge in [-0.3, -0.25) is 0 Å². The molecule has 0 aromatic carbocycles. The summed E-state index contributed by atoms with van der Waals surface area (Å²) in [6.07, 6.45) is -0.252. The predicted molar refractivity (Wildman–Crippen MR) is 49.8 cm³/mol. The maximum absolute atomic E-state index is 10.3. The highest BCUT2D eigenvalue weighted by molar-refractivity contribution is 4.98. The maximum atomic E-state index is 10.3. The summed E-state index contributed by atoms with van der Waals surface area (Å²) in [6, 6.07) is 0. The van der Waals surface area contributed by atoms with E-state index in [1.54, 1.807) is 6.92 Å². The first-order chi connectivity index (χ1) is 7.01. The topological polar surface area (TPSA) is 66.4 Å². The number of rotatable bonds is 5. The fraction of sp³-hybridized carbons (Fsp3) is 1.00. The van der Waals surface area contributed by atoms with Gasteiger partial charge in [0.1, 0.15) is 12.2 Å². The van der Waals surface area contributed by atoms with Crippen molar-refractivity contribution >= 4 is 0 Å². The van der Waals surface area contributed by atoms with Gasteiger partial charge < -0.3 is 19.3 Å². The van der Waals surface area contributed by atoms with Crippen LogP contribution in [0.15, 0.2) is 0 Å². The number of methoxy groups -OCH3 is 2. The second-order valence-corrected chi connectivity index (χ2v) is 3.60. The largest absolute Gasteiger partial charge is 0.381 e. The number of ether oxygens (including phenoxy) is 3. The molecule has 1 rings (SSSR count). The quantitative estimate of drug-likeness (QED) is 0.524. The fourth-order valence-electron chi connectivity index (χ4n) is 1.58. The molecule has 0 saturated carbocycles. The summed E-state index contributed by atoms with van der Waals surface area (Å²) in [5, 5.41) is 10.3. The standard InChI is InChI=1S/C9H18O6/c1-8(12-3)9(10,6-14-13-4)5-7(11-2)15-8/h7,10H,5-6H2,1-4H3/t7?,8-,9?/m0/s1. The Morgan fingerprint density at radius 1 is 1.40 bits per heavy atom. The van der Waals surface area contributed by atoms with E-state index >= 15 is 0 Å². The third-order valence-corrected chi connectivity index (χ3v) is 2.77. The molecule has 90 valence electrons. The Balaban J connectivity index is 2.75. The van der Waals surface area contributed by atoms with Crippen molar-refractivity contribution < 1.29 is 29.1 Å². The van der Waals surface area contributed by atoms with Gasteiger partial charge in [-0.25, -0.2) is 9.78 Å². The van der Waals surface area contributed by atoms with Crippen LogP contribution in [0, 0.1) is 0 Å². The molecule has 1 aliphatic rings. The van der Waals surface area contributed by atoms with Crippen LogP contribution in [0.5, 0.6) is 0 Å². The summed E-state index contributed by atoms with van der Waals surface area (Å²) in [7, 11) is 4.33. The molecule has 1 saturated heterocycles. The molecule has 2 unspecified atom stereocenters. The van der Waals surface area contributed by atoms with Crippen LogP contribution in [-0.4, -0.2) is 50.7 Å². The number of hydrogen-bond acceptors (Lipinski definition) is 6. The highest BCUT2D eigenvalue weighted by atomic mass is 17.2. The first kappa shape index (κ1) is 12.8. The third-order valence-electron chi connectivity index (χ3n) is 2.77. The lowest BCUT2D eigenvalue weighted by molar-refractivity contribution is -0.341. The Hall–Kier alpha value is -0.240. The molecule has 3 atom stereocenters. The highest BCUT2D eigenvalue weighted by Gasteiger charge is 2.58. The van der Waals surface area contributed by atoms with E-state index in [1.165, 1.54) is 21.3 Å². The molecule has 0 bridgehead atoms. The van der Waals surface area contributed by atoms with Crippen molar-refractivity contribution in [2.45, 2.75) is 31.0 Å². The molecule has 0 aromatic heterocycles. The molecule has 0 radical (unpaired) electrons. The highest BCUT2D eigenvalue weighted by Crippen LogP contribution is 2.40. The van der Waals surface area contributed by atoms with Crippen LogP contribution in [0.1, 0.15) is 13.3 Å². The molecular weight excluding hydrogens is 204 g/mol. The van der Waals surface area contributed by atoms with Gasteiger partial charge in [0.25, 0.3) is 0 Å². The van der Waals surface area contributed by atoms with E-state index in [9.17, 15) is 5.11 Å². The van der Waals surface area contributed by atoms with Crippen LogP contribution < -0.4 is 0 Å². The Morgan fingerprint density at radius 3 is 2.53 bits per heavy atom. The number of aliphatic hydroxyl groups is 1. The zero-order valence-electron chi connectivity index (χ0n) is 9.48. The van der Waals surface area contributed by atoms with Crippen LogP contribution in [0.4, 0.5) is 0 Å². The van der Waals surface area contributed by atoms with E-state index in [4.69, 9.17) is 19.1 Å². The minimum atomic E-state index is -1.29. The molecule has 1 aliphatic heterocycles.